The first-order chi connectivity index (χ1) is 12.2. The minimum absolute atomic E-state index is 0.0946. The lowest BCUT2D eigenvalue weighted by atomic mass is 10.0. The van der Waals surface area contributed by atoms with Crippen LogP contribution in [0.25, 0.3) is 11.5 Å². The number of aromatic nitrogens is 1. The molecule has 0 fully saturated rings. The van der Waals surface area contributed by atoms with Gasteiger partial charge in [-0.25, -0.2) is 9.37 Å². The lowest BCUT2D eigenvalue weighted by Crippen LogP contribution is -2.25. The van der Waals surface area contributed by atoms with Gasteiger partial charge in [0.05, 0.1) is 5.69 Å². The summed E-state index contributed by atoms with van der Waals surface area (Å²) in [5, 5.41) is 9.40. The van der Waals surface area contributed by atoms with Crippen LogP contribution < -0.4 is 0 Å². The Morgan fingerprint density at radius 1 is 1.12 bits per heavy atom. The average Bonchev–Trinajstić information content (AvgIpc) is 3.09. The van der Waals surface area contributed by atoms with E-state index >= 15 is 0 Å². The van der Waals surface area contributed by atoms with Gasteiger partial charge in [0.1, 0.15) is 12.1 Å². The van der Waals surface area contributed by atoms with Gasteiger partial charge in [-0.05, 0) is 43.3 Å². The molecule has 1 heterocycles. The Balaban J connectivity index is 1.73. The third-order valence-corrected chi connectivity index (χ3v) is 4.17. The molecule has 1 unspecified atom stereocenters. The van der Waals surface area contributed by atoms with Crippen molar-refractivity contribution in [3.05, 3.63) is 77.9 Å². The van der Waals surface area contributed by atoms with E-state index in [0.29, 0.717) is 18.9 Å². The Morgan fingerprint density at radius 3 is 2.52 bits per heavy atom. The molecule has 1 aromatic heterocycles. The number of benzene rings is 2. The predicted molar refractivity (Wildman–Crippen MR) is 94.2 cm³/mol. The number of hydrogen-bond donors (Lipinski definition) is 1. The lowest BCUT2D eigenvalue weighted by Gasteiger charge is -2.27. The van der Waals surface area contributed by atoms with E-state index in [1.807, 2.05) is 25.2 Å². The molecule has 0 saturated carbocycles. The molecule has 0 aliphatic rings. The minimum atomic E-state index is -0.287. The van der Waals surface area contributed by atoms with Crippen molar-refractivity contribution in [1.82, 2.24) is 9.88 Å². The third-order valence-electron chi connectivity index (χ3n) is 4.17. The maximum Gasteiger partial charge on any atom is 0.226 e. The number of nitrogens with zero attached hydrogens (tertiary/aromatic N) is 2. The zero-order valence-corrected chi connectivity index (χ0v) is 14.1. The van der Waals surface area contributed by atoms with Gasteiger partial charge >= 0.3 is 0 Å². The average molecular weight is 340 g/mol. The summed E-state index contributed by atoms with van der Waals surface area (Å²) in [4.78, 5) is 6.63. The van der Waals surface area contributed by atoms with Crippen LogP contribution in [-0.4, -0.2) is 28.6 Å². The second kappa shape index (κ2) is 8.05. The number of rotatable bonds is 7. The largest absolute Gasteiger partial charge is 0.444 e. The summed E-state index contributed by atoms with van der Waals surface area (Å²) in [5.41, 5.74) is 2.69. The SMILES string of the molecule is CN(Cc1coc(-c2ccc(F)cc2)n1)C(CCO)c1ccccc1. The van der Waals surface area contributed by atoms with E-state index in [1.165, 1.54) is 12.1 Å². The van der Waals surface area contributed by atoms with E-state index in [-0.39, 0.29) is 18.5 Å². The molecule has 3 aromatic rings. The molecule has 0 aliphatic carbocycles. The van der Waals surface area contributed by atoms with Crippen LogP contribution in [0.3, 0.4) is 0 Å². The van der Waals surface area contributed by atoms with Crippen molar-refractivity contribution in [2.24, 2.45) is 0 Å². The van der Waals surface area contributed by atoms with Crippen molar-refractivity contribution < 1.29 is 13.9 Å². The number of oxazole rings is 1. The van der Waals surface area contributed by atoms with Crippen molar-refractivity contribution in [3.63, 3.8) is 0 Å². The Hall–Kier alpha value is -2.50. The highest BCUT2D eigenvalue weighted by Crippen LogP contribution is 2.25. The van der Waals surface area contributed by atoms with Crippen LogP contribution in [0.1, 0.15) is 23.7 Å². The quantitative estimate of drug-likeness (QED) is 0.705. The Labute approximate surface area is 146 Å². The van der Waals surface area contributed by atoms with E-state index in [0.717, 1.165) is 16.8 Å². The van der Waals surface area contributed by atoms with E-state index in [2.05, 4.69) is 22.0 Å². The zero-order valence-electron chi connectivity index (χ0n) is 14.1. The van der Waals surface area contributed by atoms with Gasteiger partial charge in [-0.1, -0.05) is 30.3 Å². The van der Waals surface area contributed by atoms with Gasteiger partial charge in [-0.15, -0.1) is 0 Å². The van der Waals surface area contributed by atoms with E-state index in [4.69, 9.17) is 4.42 Å². The Bertz CT molecular complexity index is 787. The fourth-order valence-corrected chi connectivity index (χ4v) is 2.91. The summed E-state index contributed by atoms with van der Waals surface area (Å²) >= 11 is 0. The molecule has 1 atom stereocenters. The zero-order chi connectivity index (χ0) is 17.6. The maximum absolute atomic E-state index is 13.0. The number of aliphatic hydroxyl groups excluding tert-OH is 1. The van der Waals surface area contributed by atoms with Gasteiger partial charge in [-0.2, -0.15) is 0 Å². The molecule has 130 valence electrons. The van der Waals surface area contributed by atoms with Gasteiger partial charge in [-0.3, -0.25) is 4.90 Å². The normalized spacial score (nSPS) is 12.5. The van der Waals surface area contributed by atoms with Crippen molar-refractivity contribution in [2.75, 3.05) is 13.7 Å². The van der Waals surface area contributed by atoms with Gasteiger partial charge in [0.2, 0.25) is 5.89 Å². The molecular weight excluding hydrogens is 319 g/mol. The fourth-order valence-electron chi connectivity index (χ4n) is 2.91. The summed E-state index contributed by atoms with van der Waals surface area (Å²) in [7, 11) is 2.00. The Morgan fingerprint density at radius 2 is 1.84 bits per heavy atom. The molecule has 0 aliphatic heterocycles. The monoisotopic (exact) mass is 340 g/mol. The molecule has 2 aromatic carbocycles. The standard InChI is InChI=1S/C20H21FN2O2/c1-23(19(11-12-24)15-5-3-2-4-6-15)13-18-14-25-20(22-18)16-7-9-17(21)10-8-16/h2-10,14,19,24H,11-13H2,1H3. The summed E-state index contributed by atoms with van der Waals surface area (Å²) in [6.45, 7) is 0.702. The number of hydrogen-bond acceptors (Lipinski definition) is 4. The summed E-state index contributed by atoms with van der Waals surface area (Å²) in [6.07, 6.45) is 2.26. The molecule has 0 bridgehead atoms. The van der Waals surface area contributed by atoms with E-state index < -0.39 is 0 Å². The first-order valence-corrected chi connectivity index (χ1v) is 8.24. The highest BCUT2D eigenvalue weighted by Gasteiger charge is 2.18. The molecule has 0 spiro atoms. The van der Waals surface area contributed by atoms with Gasteiger partial charge in [0.15, 0.2) is 0 Å². The Kier molecular flexibility index (Phi) is 5.58. The van der Waals surface area contributed by atoms with Gasteiger partial charge < -0.3 is 9.52 Å². The van der Waals surface area contributed by atoms with Crippen LogP contribution in [0.4, 0.5) is 4.39 Å². The smallest absolute Gasteiger partial charge is 0.226 e. The van der Waals surface area contributed by atoms with Crippen LogP contribution in [-0.2, 0) is 6.54 Å². The number of halogens is 1. The van der Waals surface area contributed by atoms with Crippen molar-refractivity contribution in [2.45, 2.75) is 19.0 Å². The van der Waals surface area contributed by atoms with Crippen molar-refractivity contribution >= 4 is 0 Å². The first-order valence-electron chi connectivity index (χ1n) is 8.24. The molecule has 0 saturated heterocycles. The van der Waals surface area contributed by atoms with Crippen LogP contribution in [0, 0.1) is 5.82 Å². The third kappa shape index (κ3) is 4.32. The van der Waals surface area contributed by atoms with Crippen LogP contribution in [0.2, 0.25) is 0 Å². The fraction of sp³-hybridized carbons (Fsp3) is 0.250. The molecule has 0 radical (unpaired) electrons. The molecule has 5 heteroatoms. The number of aliphatic hydroxyl groups is 1. The molecule has 4 nitrogen and oxygen atoms in total. The van der Waals surface area contributed by atoms with Crippen LogP contribution >= 0.6 is 0 Å². The lowest BCUT2D eigenvalue weighted by molar-refractivity contribution is 0.178. The molecule has 1 N–H and O–H groups in total. The van der Waals surface area contributed by atoms with Crippen molar-refractivity contribution in [3.8, 4) is 11.5 Å². The summed E-state index contributed by atoms with van der Waals surface area (Å²) in [5.74, 6) is 0.187. The summed E-state index contributed by atoms with van der Waals surface area (Å²) in [6, 6.07) is 16.2. The second-order valence-electron chi connectivity index (χ2n) is 6.00. The van der Waals surface area contributed by atoms with Crippen LogP contribution in [0.5, 0.6) is 0 Å². The molecular formula is C20H21FN2O2. The molecule has 0 amide bonds. The topological polar surface area (TPSA) is 49.5 Å². The second-order valence-corrected chi connectivity index (χ2v) is 6.00. The molecule has 3 rings (SSSR count). The highest BCUT2D eigenvalue weighted by molar-refractivity contribution is 5.52. The first kappa shape index (κ1) is 17.3. The van der Waals surface area contributed by atoms with E-state index in [1.54, 1.807) is 18.4 Å². The van der Waals surface area contributed by atoms with Crippen LogP contribution in [0.15, 0.2) is 65.3 Å². The van der Waals surface area contributed by atoms with Gasteiger partial charge in [0, 0.05) is 24.8 Å². The van der Waals surface area contributed by atoms with Gasteiger partial charge in [0.25, 0.3) is 0 Å². The van der Waals surface area contributed by atoms with Crippen molar-refractivity contribution in [1.29, 1.82) is 0 Å². The minimum Gasteiger partial charge on any atom is -0.444 e. The molecule has 25 heavy (non-hydrogen) atoms. The van der Waals surface area contributed by atoms with E-state index in [9.17, 15) is 9.50 Å². The predicted octanol–water partition coefficient (Wildman–Crippen LogP) is 4.04. The summed E-state index contributed by atoms with van der Waals surface area (Å²) < 4.78 is 18.6. The highest BCUT2D eigenvalue weighted by atomic mass is 19.1. The maximum atomic E-state index is 13.0.